The number of hydrogen-bond acceptors (Lipinski definition) is 6. The number of nitrogens with zero attached hydrogens (tertiary/aromatic N) is 1. The van der Waals surface area contributed by atoms with Gasteiger partial charge in [-0.05, 0) is 51.4 Å². The summed E-state index contributed by atoms with van der Waals surface area (Å²) in [5, 5.41) is 9.57. The van der Waals surface area contributed by atoms with Gasteiger partial charge in [-0.25, -0.2) is 4.79 Å². The van der Waals surface area contributed by atoms with Crippen molar-refractivity contribution >= 4 is 17.9 Å². The van der Waals surface area contributed by atoms with E-state index in [0.717, 1.165) is 70.6 Å². The Bertz CT molecular complexity index is 975. The molecule has 0 heterocycles. The molecular formula is C40H68NO7+. The van der Waals surface area contributed by atoms with Crippen molar-refractivity contribution in [2.45, 2.75) is 135 Å². The first-order valence-electron chi connectivity index (χ1n) is 18.4. The number of carbonyl (C=O) groups excluding carboxylic acids is 2. The Morgan fingerprint density at radius 1 is 0.646 bits per heavy atom. The highest BCUT2D eigenvalue weighted by molar-refractivity contribution is 5.72. The van der Waals surface area contributed by atoms with Gasteiger partial charge in [0.25, 0.3) is 0 Å². The van der Waals surface area contributed by atoms with Gasteiger partial charge in [-0.3, -0.25) is 9.59 Å². The van der Waals surface area contributed by atoms with Crippen LogP contribution in [-0.4, -0.2) is 80.6 Å². The molecule has 2 atom stereocenters. The maximum atomic E-state index is 12.6. The minimum Gasteiger partial charge on any atom is -0.477 e. The molecule has 0 aliphatic rings. The molecule has 8 nitrogen and oxygen atoms in total. The third kappa shape index (κ3) is 29.2. The van der Waals surface area contributed by atoms with Crippen molar-refractivity contribution in [3.63, 3.8) is 0 Å². The second-order valence-corrected chi connectivity index (χ2v) is 13.2. The van der Waals surface area contributed by atoms with Crippen LogP contribution < -0.4 is 0 Å². The quantitative estimate of drug-likeness (QED) is 0.0258. The van der Waals surface area contributed by atoms with E-state index in [0.29, 0.717) is 19.3 Å². The number of allylic oxidation sites excluding steroid dienone is 10. The normalized spacial score (nSPS) is 13.8. The minimum absolute atomic E-state index is 0.0420. The number of aliphatic carboxylic acids is 1. The molecule has 1 N–H and O–H groups in total. The fourth-order valence-corrected chi connectivity index (χ4v) is 4.84. The number of ether oxygens (including phenoxy) is 3. The molecule has 0 fully saturated rings. The number of unbranched alkanes of at least 4 members (excludes halogenated alkanes) is 10. The summed E-state index contributed by atoms with van der Waals surface area (Å²) in [5.41, 5.74) is 0. The average molecular weight is 675 g/mol. The fourth-order valence-electron chi connectivity index (χ4n) is 4.84. The summed E-state index contributed by atoms with van der Waals surface area (Å²) >= 11 is 0. The van der Waals surface area contributed by atoms with Crippen LogP contribution in [0.15, 0.2) is 60.8 Å². The fraction of sp³-hybridized carbons (Fsp3) is 0.675. The highest BCUT2D eigenvalue weighted by atomic mass is 16.6. The van der Waals surface area contributed by atoms with Crippen molar-refractivity contribution < 1.29 is 38.2 Å². The molecule has 0 aromatic heterocycles. The first-order chi connectivity index (χ1) is 23.1. The van der Waals surface area contributed by atoms with Crippen LogP contribution in [0.3, 0.4) is 0 Å². The van der Waals surface area contributed by atoms with Crippen LogP contribution in [0.1, 0.15) is 123 Å². The minimum atomic E-state index is -0.886. The second-order valence-electron chi connectivity index (χ2n) is 13.2. The van der Waals surface area contributed by atoms with E-state index in [1.807, 2.05) is 57.6 Å². The van der Waals surface area contributed by atoms with Crippen molar-refractivity contribution in [1.29, 1.82) is 0 Å². The molecule has 0 aliphatic heterocycles. The van der Waals surface area contributed by atoms with Crippen LogP contribution in [0.2, 0.25) is 0 Å². The van der Waals surface area contributed by atoms with Crippen molar-refractivity contribution in [2.24, 2.45) is 0 Å². The highest BCUT2D eigenvalue weighted by Crippen LogP contribution is 2.12. The lowest BCUT2D eigenvalue weighted by Gasteiger charge is -2.31. The monoisotopic (exact) mass is 674 g/mol. The second kappa shape index (κ2) is 31.3. The zero-order chi connectivity index (χ0) is 35.7. The van der Waals surface area contributed by atoms with Crippen LogP contribution in [0.25, 0.3) is 0 Å². The predicted octanol–water partition coefficient (Wildman–Crippen LogP) is 9.07. The Labute approximate surface area is 292 Å². The summed E-state index contributed by atoms with van der Waals surface area (Å²) in [6, 6.07) is -0.622. The van der Waals surface area contributed by atoms with Crippen molar-refractivity contribution in [3.05, 3.63) is 60.8 Å². The Morgan fingerprint density at radius 2 is 1.19 bits per heavy atom. The molecule has 0 amide bonds. The first kappa shape index (κ1) is 45.0. The molecule has 0 rings (SSSR count). The molecule has 0 saturated carbocycles. The lowest BCUT2D eigenvalue weighted by molar-refractivity contribution is -0.887. The zero-order valence-corrected chi connectivity index (χ0v) is 30.9. The van der Waals surface area contributed by atoms with Gasteiger partial charge in [-0.15, -0.1) is 0 Å². The molecule has 48 heavy (non-hydrogen) atoms. The predicted molar refractivity (Wildman–Crippen MR) is 197 cm³/mol. The molecule has 2 unspecified atom stereocenters. The van der Waals surface area contributed by atoms with Crippen molar-refractivity contribution in [2.75, 3.05) is 41.0 Å². The lowest BCUT2D eigenvalue weighted by Crippen LogP contribution is -2.50. The molecule has 0 aromatic rings. The Kier molecular flexibility index (Phi) is 29.4. The van der Waals surface area contributed by atoms with Crippen LogP contribution in [-0.2, 0) is 28.6 Å². The first-order valence-corrected chi connectivity index (χ1v) is 18.4. The largest absolute Gasteiger partial charge is 0.477 e. The number of rotatable bonds is 31. The van der Waals surface area contributed by atoms with Crippen LogP contribution in [0.5, 0.6) is 0 Å². The molecular weight excluding hydrogens is 606 g/mol. The molecule has 0 aliphatic carbocycles. The van der Waals surface area contributed by atoms with E-state index in [1.165, 1.54) is 19.3 Å². The van der Waals surface area contributed by atoms with Gasteiger partial charge in [-0.1, -0.05) is 113 Å². The molecule has 0 spiro atoms. The number of carboxylic acids is 1. The zero-order valence-electron chi connectivity index (χ0n) is 30.9. The van der Waals surface area contributed by atoms with Gasteiger partial charge in [-0.2, -0.15) is 0 Å². The van der Waals surface area contributed by atoms with Gasteiger partial charge in [0.1, 0.15) is 6.61 Å². The van der Waals surface area contributed by atoms with E-state index in [9.17, 15) is 19.5 Å². The van der Waals surface area contributed by atoms with Crippen LogP contribution >= 0.6 is 0 Å². The number of carboxylic acid groups (broad SMARTS) is 1. The van der Waals surface area contributed by atoms with Crippen molar-refractivity contribution in [1.82, 2.24) is 0 Å². The standard InChI is InChI=1S/C40H67NO7/c1-6-8-10-12-14-16-18-19-21-22-24-26-28-30-38(42)47-35-36(34-46-33-32-37(40(44)45)41(3,4)5)48-39(43)31-29-27-25-23-20-17-15-13-11-9-7-2/h8,10,12-16,18-19,21,36-37H,6-7,9,11,17,20,22-35H2,1-5H3/p+1/b10-8+,14-12+,15-13+,18-16+,21-19+. The Balaban J connectivity index is 4.54. The maximum Gasteiger partial charge on any atom is 0.362 e. The number of carbonyl (C=O) groups is 3. The highest BCUT2D eigenvalue weighted by Gasteiger charge is 2.31. The molecule has 8 heteroatoms. The van der Waals surface area contributed by atoms with Crippen LogP contribution in [0, 0.1) is 0 Å². The topological polar surface area (TPSA) is 99.1 Å². The van der Waals surface area contributed by atoms with E-state index >= 15 is 0 Å². The summed E-state index contributed by atoms with van der Waals surface area (Å²) in [5.74, 6) is -1.54. The summed E-state index contributed by atoms with van der Waals surface area (Å²) in [6.07, 6.45) is 35.5. The van der Waals surface area contributed by atoms with E-state index in [-0.39, 0.29) is 36.2 Å². The van der Waals surface area contributed by atoms with Crippen molar-refractivity contribution in [3.8, 4) is 0 Å². The lowest BCUT2D eigenvalue weighted by atomic mass is 10.1. The Morgan fingerprint density at radius 3 is 1.81 bits per heavy atom. The van der Waals surface area contributed by atoms with Gasteiger partial charge >= 0.3 is 17.9 Å². The molecule has 274 valence electrons. The van der Waals surface area contributed by atoms with Gasteiger partial charge in [0.2, 0.25) is 0 Å². The van der Waals surface area contributed by atoms with E-state index in [4.69, 9.17) is 14.2 Å². The number of quaternary nitrogens is 1. The van der Waals surface area contributed by atoms with Gasteiger partial charge < -0.3 is 23.8 Å². The average Bonchev–Trinajstić information content (AvgIpc) is 3.03. The summed E-state index contributed by atoms with van der Waals surface area (Å²) in [6.45, 7) is 4.47. The number of hydrogen-bond donors (Lipinski definition) is 1. The summed E-state index contributed by atoms with van der Waals surface area (Å²) in [7, 11) is 5.49. The maximum absolute atomic E-state index is 12.6. The molecule has 0 radical (unpaired) electrons. The van der Waals surface area contributed by atoms with Crippen LogP contribution in [0.4, 0.5) is 0 Å². The van der Waals surface area contributed by atoms with Gasteiger partial charge in [0, 0.05) is 19.3 Å². The molecule has 0 bridgehead atoms. The van der Waals surface area contributed by atoms with Gasteiger partial charge in [0.15, 0.2) is 12.1 Å². The van der Waals surface area contributed by atoms with E-state index < -0.39 is 18.1 Å². The smallest absolute Gasteiger partial charge is 0.362 e. The summed E-state index contributed by atoms with van der Waals surface area (Å²) < 4.78 is 17.1. The SMILES string of the molecule is CC/C=C/C=C/C=C/C=C/CCCCCC(=O)OCC(COCCC(C(=O)O)[N+](C)(C)C)OC(=O)CCCCCCC/C=C/CCCC. The van der Waals surface area contributed by atoms with E-state index in [1.54, 1.807) is 0 Å². The third-order valence-electron chi connectivity index (χ3n) is 7.75. The Hall–Kier alpha value is -2.97. The number of likely N-dealkylation sites (N-methyl/N-ethyl adjacent to an activating group) is 1. The molecule has 0 saturated heterocycles. The number of esters is 2. The summed E-state index contributed by atoms with van der Waals surface area (Å²) in [4.78, 5) is 36.7. The van der Waals surface area contributed by atoms with E-state index in [2.05, 4.69) is 38.2 Å². The third-order valence-corrected chi connectivity index (χ3v) is 7.75. The van der Waals surface area contributed by atoms with Gasteiger partial charge in [0.05, 0.1) is 34.4 Å². The molecule has 0 aromatic carbocycles.